The summed E-state index contributed by atoms with van der Waals surface area (Å²) in [6, 6.07) is 20.6. The number of likely N-dealkylation sites (N-methyl/N-ethyl adjacent to an activating group) is 1. The second kappa shape index (κ2) is 8.50. The molecule has 0 aromatic heterocycles. The number of rotatable bonds is 6. The Kier molecular flexibility index (Phi) is 6.10. The third-order valence-electron chi connectivity index (χ3n) is 5.33. The Morgan fingerprint density at radius 2 is 1.73 bits per heavy atom. The van der Waals surface area contributed by atoms with Crippen LogP contribution in [0.1, 0.15) is 53.9 Å². The summed E-state index contributed by atoms with van der Waals surface area (Å²) in [5.41, 5.74) is 1.40. The molecule has 0 bridgehead atoms. The second-order valence-electron chi connectivity index (χ2n) is 7.53. The van der Waals surface area contributed by atoms with Gasteiger partial charge in [-0.1, -0.05) is 48.9 Å². The van der Waals surface area contributed by atoms with Crippen molar-refractivity contribution in [2.45, 2.75) is 43.6 Å². The zero-order chi connectivity index (χ0) is 18.4. The van der Waals surface area contributed by atoms with Crippen LogP contribution in [0, 0.1) is 6.07 Å². The predicted molar refractivity (Wildman–Crippen MR) is 104 cm³/mol. The molecule has 1 atom stereocenters. The second-order valence-corrected chi connectivity index (χ2v) is 7.53. The van der Waals surface area contributed by atoms with E-state index in [0.717, 1.165) is 32.2 Å². The van der Waals surface area contributed by atoms with Crippen LogP contribution in [0.5, 0.6) is 0 Å². The summed E-state index contributed by atoms with van der Waals surface area (Å²) in [5, 5.41) is 0. The molecule has 0 spiro atoms. The number of hydrogen-bond donors (Lipinski definition) is 0. The zero-order valence-corrected chi connectivity index (χ0v) is 15.8. The normalized spacial score (nSPS) is 17.7. The molecule has 1 unspecified atom stereocenters. The van der Waals surface area contributed by atoms with E-state index >= 15 is 0 Å². The topological polar surface area (TPSA) is 29.5 Å². The molecule has 1 fully saturated rings. The summed E-state index contributed by atoms with van der Waals surface area (Å²) in [7, 11) is 4.16. The van der Waals surface area contributed by atoms with Gasteiger partial charge in [-0.05, 0) is 63.5 Å². The van der Waals surface area contributed by atoms with Gasteiger partial charge in [0.05, 0.1) is 5.56 Å². The van der Waals surface area contributed by atoms with E-state index in [4.69, 9.17) is 4.74 Å². The molecule has 0 heterocycles. The van der Waals surface area contributed by atoms with Gasteiger partial charge in [0, 0.05) is 12.5 Å². The Morgan fingerprint density at radius 3 is 2.35 bits per heavy atom. The van der Waals surface area contributed by atoms with Gasteiger partial charge in [0.1, 0.15) is 5.60 Å². The smallest absolute Gasteiger partial charge is 0.338 e. The third-order valence-corrected chi connectivity index (χ3v) is 5.33. The lowest BCUT2D eigenvalue weighted by molar-refractivity contribution is -0.0575. The Balaban J connectivity index is 1.94. The Morgan fingerprint density at radius 1 is 1.08 bits per heavy atom. The Hall–Kier alpha value is -2.13. The molecule has 3 nitrogen and oxygen atoms in total. The molecule has 0 N–H and O–H groups in total. The lowest BCUT2D eigenvalue weighted by Gasteiger charge is -2.44. The first-order chi connectivity index (χ1) is 12.6. The van der Waals surface area contributed by atoms with Crippen molar-refractivity contribution < 1.29 is 9.53 Å². The van der Waals surface area contributed by atoms with Gasteiger partial charge in [0.2, 0.25) is 0 Å². The van der Waals surface area contributed by atoms with Crippen molar-refractivity contribution in [3.8, 4) is 0 Å². The quantitative estimate of drug-likeness (QED) is 0.708. The largest absolute Gasteiger partial charge is 0.455 e. The summed E-state index contributed by atoms with van der Waals surface area (Å²) >= 11 is 0. The molecule has 0 aliphatic heterocycles. The van der Waals surface area contributed by atoms with Crippen molar-refractivity contribution in [1.29, 1.82) is 0 Å². The van der Waals surface area contributed by atoms with Gasteiger partial charge in [0.15, 0.2) is 0 Å². The molecule has 3 rings (SSSR count). The van der Waals surface area contributed by atoms with Crippen LogP contribution in [0.4, 0.5) is 0 Å². The molecule has 3 heteroatoms. The average Bonchev–Trinajstić information content (AvgIpc) is 2.68. The molecule has 2 aromatic carbocycles. The standard InChI is InChI=1S/C23H28NO2/c1-24(2)18-21(19-12-6-3-7-13-19)23(16-10-5-11-17-23)26-22(25)20-14-8-4-9-15-20/h4,6-9,12-15,21H,5,10-11,16-18H2,1-2H3. The molecule has 1 radical (unpaired) electrons. The van der Waals surface area contributed by atoms with Crippen LogP contribution in [-0.2, 0) is 4.74 Å². The van der Waals surface area contributed by atoms with Crippen molar-refractivity contribution in [3.05, 3.63) is 71.8 Å². The number of hydrogen-bond acceptors (Lipinski definition) is 3. The fourth-order valence-corrected chi connectivity index (χ4v) is 4.06. The van der Waals surface area contributed by atoms with Crippen molar-refractivity contribution in [3.63, 3.8) is 0 Å². The number of carbonyl (C=O) groups excluding carboxylic acids is 1. The Bertz CT molecular complexity index is 691. The molecule has 2 aromatic rings. The highest BCUT2D eigenvalue weighted by molar-refractivity contribution is 5.89. The first-order valence-corrected chi connectivity index (χ1v) is 9.50. The fourth-order valence-electron chi connectivity index (χ4n) is 4.06. The molecule has 26 heavy (non-hydrogen) atoms. The minimum Gasteiger partial charge on any atom is -0.455 e. The predicted octanol–water partition coefficient (Wildman–Crippen LogP) is 4.69. The number of nitrogens with zero attached hydrogens (tertiary/aromatic N) is 1. The van der Waals surface area contributed by atoms with E-state index in [0.29, 0.717) is 5.56 Å². The van der Waals surface area contributed by atoms with Crippen LogP contribution in [0.15, 0.2) is 54.6 Å². The molecule has 137 valence electrons. The third kappa shape index (κ3) is 4.34. The average molecular weight is 350 g/mol. The molecular weight excluding hydrogens is 322 g/mol. The van der Waals surface area contributed by atoms with E-state index in [2.05, 4.69) is 37.2 Å². The van der Waals surface area contributed by atoms with Crippen LogP contribution in [0.3, 0.4) is 0 Å². The van der Waals surface area contributed by atoms with Gasteiger partial charge < -0.3 is 9.64 Å². The minimum atomic E-state index is -0.448. The van der Waals surface area contributed by atoms with E-state index in [9.17, 15) is 4.79 Å². The first kappa shape index (κ1) is 18.7. The van der Waals surface area contributed by atoms with E-state index in [-0.39, 0.29) is 11.9 Å². The minimum absolute atomic E-state index is 0.153. The highest BCUT2D eigenvalue weighted by Gasteiger charge is 2.44. The lowest BCUT2D eigenvalue weighted by atomic mass is 9.72. The summed E-state index contributed by atoms with van der Waals surface area (Å²) in [5.74, 6) is -0.0567. The highest BCUT2D eigenvalue weighted by atomic mass is 16.6. The number of carbonyl (C=O) groups is 1. The van der Waals surface area contributed by atoms with E-state index in [1.165, 1.54) is 12.0 Å². The summed E-state index contributed by atoms with van der Waals surface area (Å²) in [4.78, 5) is 15.1. The van der Waals surface area contributed by atoms with Crippen LogP contribution in [-0.4, -0.2) is 37.1 Å². The Labute approximate surface area is 157 Å². The molecule has 1 aliphatic carbocycles. The van der Waals surface area contributed by atoms with Crippen LogP contribution in [0.2, 0.25) is 0 Å². The SMILES string of the molecule is CN(C)CC(c1cc[c]cc1)C1(OC(=O)c2ccccc2)CCCCC1. The molecule has 1 aliphatic rings. The van der Waals surface area contributed by atoms with E-state index < -0.39 is 5.60 Å². The maximum atomic E-state index is 12.9. The number of benzene rings is 2. The first-order valence-electron chi connectivity index (χ1n) is 9.50. The maximum Gasteiger partial charge on any atom is 0.338 e. The summed E-state index contributed by atoms with van der Waals surface area (Å²) in [6.07, 6.45) is 5.25. The van der Waals surface area contributed by atoms with Crippen molar-refractivity contribution in [1.82, 2.24) is 4.90 Å². The van der Waals surface area contributed by atoms with Gasteiger partial charge in [0.25, 0.3) is 0 Å². The molecule has 0 amide bonds. The van der Waals surface area contributed by atoms with Gasteiger partial charge in [-0.15, -0.1) is 0 Å². The van der Waals surface area contributed by atoms with Gasteiger partial charge >= 0.3 is 5.97 Å². The van der Waals surface area contributed by atoms with E-state index in [1.807, 2.05) is 42.5 Å². The van der Waals surface area contributed by atoms with E-state index in [1.54, 1.807) is 0 Å². The molecule has 1 saturated carbocycles. The molecule has 0 saturated heterocycles. The number of esters is 1. The van der Waals surface area contributed by atoms with Gasteiger partial charge in [-0.3, -0.25) is 0 Å². The maximum absolute atomic E-state index is 12.9. The van der Waals surface area contributed by atoms with Gasteiger partial charge in [-0.25, -0.2) is 4.79 Å². The number of ether oxygens (including phenoxy) is 1. The highest BCUT2D eigenvalue weighted by Crippen LogP contribution is 2.43. The summed E-state index contributed by atoms with van der Waals surface area (Å²) in [6.45, 7) is 0.853. The van der Waals surface area contributed by atoms with Crippen LogP contribution >= 0.6 is 0 Å². The van der Waals surface area contributed by atoms with Gasteiger partial charge in [-0.2, -0.15) is 0 Å². The van der Waals surface area contributed by atoms with Crippen molar-refractivity contribution in [2.24, 2.45) is 0 Å². The fraction of sp³-hybridized carbons (Fsp3) is 0.435. The van der Waals surface area contributed by atoms with Crippen molar-refractivity contribution >= 4 is 5.97 Å². The lowest BCUT2D eigenvalue weighted by Crippen LogP contribution is -2.46. The summed E-state index contributed by atoms with van der Waals surface area (Å²) < 4.78 is 6.31. The molecular formula is C23H28NO2. The van der Waals surface area contributed by atoms with Crippen LogP contribution in [0.25, 0.3) is 0 Å². The monoisotopic (exact) mass is 350 g/mol. The van der Waals surface area contributed by atoms with Crippen LogP contribution < -0.4 is 0 Å². The zero-order valence-electron chi connectivity index (χ0n) is 15.8. The van der Waals surface area contributed by atoms with Crippen molar-refractivity contribution in [2.75, 3.05) is 20.6 Å².